The molecule has 0 bridgehead atoms. The average molecular weight is 121 g/mol. The van der Waals surface area contributed by atoms with Gasteiger partial charge in [0.1, 0.15) is 0 Å². The largest absolute Gasteiger partial charge is 2.00 e. The molecule has 0 nitrogen and oxygen atoms in total. The van der Waals surface area contributed by atoms with Crippen LogP contribution in [0.1, 0.15) is 2.85 Å². The van der Waals surface area contributed by atoms with Gasteiger partial charge in [0.15, 0.2) is 0 Å². The van der Waals surface area contributed by atoms with E-state index < -0.39 is 0 Å². The summed E-state index contributed by atoms with van der Waals surface area (Å²) >= 11 is 0. The van der Waals surface area contributed by atoms with Crippen LogP contribution < -0.4 is 31.3 Å². The maximum absolute atomic E-state index is 0. The van der Waals surface area contributed by atoms with Gasteiger partial charge in [0, 0.05) is 0 Å². The second-order valence-corrected chi connectivity index (χ2v) is 0. The van der Waals surface area contributed by atoms with Gasteiger partial charge in [0.2, 0.25) is 0 Å². The number of rotatable bonds is 0. The van der Waals surface area contributed by atoms with E-state index in [2.05, 4.69) is 0 Å². The SMILES string of the molecule is Cl.[Ca+2].[Cl-].[H-].[H-].[Li+]. The quantitative estimate of drug-likeness (QED) is 0.280. The third kappa shape index (κ3) is 8.83. The molecule has 0 radical (unpaired) electrons. The molecule has 0 amide bonds. The monoisotopic (exact) mass is 120 g/mol. The fraction of sp³-hybridized carbons (Fsp3) is 0. The van der Waals surface area contributed by atoms with Crippen molar-refractivity contribution in [3.8, 4) is 0 Å². The van der Waals surface area contributed by atoms with E-state index in [1.165, 1.54) is 0 Å². The molecule has 0 rings (SSSR count). The Morgan fingerprint density at radius 1 is 1.25 bits per heavy atom. The first-order valence-corrected chi connectivity index (χ1v) is 0. The van der Waals surface area contributed by atoms with Crippen molar-refractivity contribution in [3.63, 3.8) is 0 Å². The minimum Gasteiger partial charge on any atom is -1.00 e. The molecular formula is H3CaCl2Li. The Hall–Kier alpha value is 2.44. The first-order chi connectivity index (χ1) is 0. The number of hydrogen-bond acceptors (Lipinski definition) is 0. The van der Waals surface area contributed by atoms with E-state index in [1.807, 2.05) is 0 Å². The van der Waals surface area contributed by atoms with Crippen molar-refractivity contribution in [2.45, 2.75) is 0 Å². The van der Waals surface area contributed by atoms with Crippen LogP contribution in [0.15, 0.2) is 0 Å². The zero-order valence-corrected chi connectivity index (χ0v) is 6.27. The Balaban J connectivity index is 0. The summed E-state index contributed by atoms with van der Waals surface area (Å²) in [5, 5.41) is 0. The maximum atomic E-state index is 0. The molecule has 0 atom stereocenters. The topological polar surface area (TPSA) is 0 Å². The van der Waals surface area contributed by atoms with Gasteiger partial charge in [0.05, 0.1) is 0 Å². The second-order valence-electron chi connectivity index (χ2n) is 0. The van der Waals surface area contributed by atoms with Crippen molar-refractivity contribution in [2.24, 2.45) is 0 Å². The number of halogens is 2. The zero-order valence-electron chi connectivity index (χ0n) is 4.49. The maximum Gasteiger partial charge on any atom is 2.00 e. The Labute approximate surface area is 83.1 Å². The molecule has 0 saturated carbocycles. The van der Waals surface area contributed by atoms with E-state index in [1.54, 1.807) is 0 Å². The van der Waals surface area contributed by atoms with Crippen LogP contribution in [-0.4, -0.2) is 37.7 Å². The third-order valence-corrected chi connectivity index (χ3v) is 0. The zero-order chi connectivity index (χ0) is 0. The molecule has 0 saturated heterocycles. The van der Waals surface area contributed by atoms with Gasteiger partial charge in [-0.2, -0.15) is 0 Å². The summed E-state index contributed by atoms with van der Waals surface area (Å²) in [6.45, 7) is 0. The van der Waals surface area contributed by atoms with Crippen LogP contribution >= 0.6 is 12.4 Å². The summed E-state index contributed by atoms with van der Waals surface area (Å²) in [7, 11) is 0. The van der Waals surface area contributed by atoms with Gasteiger partial charge in [-0.15, -0.1) is 12.4 Å². The van der Waals surface area contributed by atoms with Crippen molar-refractivity contribution in [3.05, 3.63) is 0 Å². The molecule has 0 unspecified atom stereocenters. The Morgan fingerprint density at radius 3 is 1.25 bits per heavy atom. The first-order valence-electron chi connectivity index (χ1n) is 0. The van der Waals surface area contributed by atoms with Gasteiger partial charge in [-0.05, 0) is 0 Å². The predicted molar refractivity (Wildman–Crippen MR) is 15.2 cm³/mol. The van der Waals surface area contributed by atoms with E-state index in [9.17, 15) is 0 Å². The van der Waals surface area contributed by atoms with E-state index in [-0.39, 0.29) is 84.3 Å². The molecule has 0 fully saturated rings. The molecular weight excluding hydrogens is 118 g/mol. The van der Waals surface area contributed by atoms with Gasteiger partial charge in [-0.25, -0.2) is 0 Å². The van der Waals surface area contributed by atoms with Crippen LogP contribution in [0.3, 0.4) is 0 Å². The first kappa shape index (κ1) is 32.0. The minimum atomic E-state index is 0. The Kier molecular flexibility index (Phi) is 144. The van der Waals surface area contributed by atoms with Gasteiger partial charge in [-0.1, -0.05) is 0 Å². The summed E-state index contributed by atoms with van der Waals surface area (Å²) in [4.78, 5) is 0. The molecule has 4 heavy (non-hydrogen) atoms. The number of hydrogen-bond donors (Lipinski definition) is 0. The summed E-state index contributed by atoms with van der Waals surface area (Å²) in [6, 6.07) is 0. The van der Waals surface area contributed by atoms with E-state index >= 15 is 0 Å². The van der Waals surface area contributed by atoms with Gasteiger partial charge in [-0.3, -0.25) is 0 Å². The molecule has 0 aromatic rings. The summed E-state index contributed by atoms with van der Waals surface area (Å²) in [6.07, 6.45) is 0. The molecule has 0 aromatic heterocycles. The van der Waals surface area contributed by atoms with Crippen molar-refractivity contribution in [1.82, 2.24) is 0 Å². The molecule has 0 aliphatic heterocycles. The van der Waals surface area contributed by atoms with Crippen molar-refractivity contribution in [2.75, 3.05) is 0 Å². The normalized spacial score (nSPS) is 0. The van der Waals surface area contributed by atoms with Crippen LogP contribution in [0, 0.1) is 0 Å². The van der Waals surface area contributed by atoms with Crippen molar-refractivity contribution in [1.29, 1.82) is 0 Å². The molecule has 0 aliphatic carbocycles. The third-order valence-electron chi connectivity index (χ3n) is 0. The fourth-order valence-electron chi connectivity index (χ4n) is 0. The fourth-order valence-corrected chi connectivity index (χ4v) is 0. The van der Waals surface area contributed by atoms with Gasteiger partial charge >= 0.3 is 56.6 Å². The van der Waals surface area contributed by atoms with Crippen molar-refractivity contribution < 1.29 is 34.1 Å². The van der Waals surface area contributed by atoms with Crippen LogP contribution in [-0.2, 0) is 0 Å². The standard InChI is InChI=1S/Ca.2ClH.Li.2H/h;2*1H;;;/q+2;;;+1;2*-1/p-1. The molecule has 0 aliphatic rings. The van der Waals surface area contributed by atoms with E-state index in [4.69, 9.17) is 0 Å². The summed E-state index contributed by atoms with van der Waals surface area (Å²) in [5.74, 6) is 0. The average Bonchev–Trinajstić information content (AvgIpc) is 0. The smallest absolute Gasteiger partial charge is 1.00 e. The van der Waals surface area contributed by atoms with Gasteiger partial charge < -0.3 is 15.3 Å². The van der Waals surface area contributed by atoms with Gasteiger partial charge in [0.25, 0.3) is 0 Å². The minimum absolute atomic E-state index is 0. The Morgan fingerprint density at radius 2 is 1.25 bits per heavy atom. The summed E-state index contributed by atoms with van der Waals surface area (Å²) < 4.78 is 0. The predicted octanol–water partition coefficient (Wildman–Crippen LogP) is -5.73. The van der Waals surface area contributed by atoms with Crippen LogP contribution in [0.25, 0.3) is 0 Å². The van der Waals surface area contributed by atoms with E-state index in [0.717, 1.165) is 0 Å². The second kappa shape index (κ2) is 18.0. The Bertz CT molecular complexity index is 11.5. The molecule has 20 valence electrons. The van der Waals surface area contributed by atoms with E-state index in [0.29, 0.717) is 0 Å². The summed E-state index contributed by atoms with van der Waals surface area (Å²) in [5.41, 5.74) is 0. The van der Waals surface area contributed by atoms with Crippen LogP contribution in [0.5, 0.6) is 0 Å². The molecule has 0 spiro atoms. The molecule has 0 N–H and O–H groups in total. The molecule has 0 aromatic carbocycles. The van der Waals surface area contributed by atoms with Crippen LogP contribution in [0.4, 0.5) is 0 Å². The van der Waals surface area contributed by atoms with Crippen molar-refractivity contribution >= 4 is 50.1 Å². The molecule has 0 heterocycles. The molecule has 4 heteroatoms. The van der Waals surface area contributed by atoms with Crippen LogP contribution in [0.2, 0.25) is 0 Å².